The molecule has 0 aromatic carbocycles. The van der Waals surface area contributed by atoms with Crippen molar-refractivity contribution in [2.45, 2.75) is 20.3 Å². The summed E-state index contributed by atoms with van der Waals surface area (Å²) in [7, 11) is 1.90. The Morgan fingerprint density at radius 3 is 2.90 bits per heavy atom. The number of anilines is 3. The largest absolute Gasteiger partial charge is 0.337 e. The molecule has 0 aliphatic carbocycles. The average Bonchev–Trinajstić information content (AvgIpc) is 3.00. The van der Waals surface area contributed by atoms with Crippen LogP contribution < -0.4 is 16.6 Å². The lowest BCUT2D eigenvalue weighted by Crippen LogP contribution is -2.11. The summed E-state index contributed by atoms with van der Waals surface area (Å²) < 4.78 is 1.79. The fourth-order valence-electron chi connectivity index (χ4n) is 2.23. The van der Waals surface area contributed by atoms with Gasteiger partial charge in [-0.1, -0.05) is 6.92 Å². The molecule has 0 saturated carbocycles. The zero-order valence-electron chi connectivity index (χ0n) is 12.1. The highest BCUT2D eigenvalue weighted by atomic mass is 32.1. The summed E-state index contributed by atoms with van der Waals surface area (Å²) in [6, 6.07) is 2.07. The molecule has 0 bridgehead atoms. The van der Waals surface area contributed by atoms with Gasteiger partial charge in [0.05, 0.1) is 16.8 Å². The third kappa shape index (κ3) is 2.55. The molecule has 110 valence electrons. The SMILES string of the molecule is CCc1nn(C)cc1Nc1nc(NN)nc2sc(C)cc12. The molecule has 0 amide bonds. The van der Waals surface area contributed by atoms with Gasteiger partial charge in [-0.2, -0.15) is 10.1 Å². The van der Waals surface area contributed by atoms with E-state index in [1.807, 2.05) is 20.2 Å². The summed E-state index contributed by atoms with van der Waals surface area (Å²) in [5, 5.41) is 8.77. The minimum absolute atomic E-state index is 0.397. The van der Waals surface area contributed by atoms with Gasteiger partial charge in [0.1, 0.15) is 10.6 Å². The smallest absolute Gasteiger partial charge is 0.240 e. The van der Waals surface area contributed by atoms with E-state index in [0.717, 1.165) is 33.8 Å². The van der Waals surface area contributed by atoms with Crippen LogP contribution in [0.4, 0.5) is 17.5 Å². The Labute approximate surface area is 126 Å². The number of fused-ring (bicyclic) bond motifs is 1. The molecule has 4 N–H and O–H groups in total. The average molecular weight is 303 g/mol. The number of aryl methyl sites for hydroxylation is 3. The van der Waals surface area contributed by atoms with E-state index in [2.05, 4.69) is 38.8 Å². The van der Waals surface area contributed by atoms with Gasteiger partial charge in [0.15, 0.2) is 0 Å². The number of hydrogen-bond acceptors (Lipinski definition) is 7. The van der Waals surface area contributed by atoms with E-state index >= 15 is 0 Å². The van der Waals surface area contributed by atoms with E-state index in [1.54, 1.807) is 16.0 Å². The lowest BCUT2D eigenvalue weighted by molar-refractivity contribution is 0.746. The number of hydrogen-bond donors (Lipinski definition) is 3. The van der Waals surface area contributed by atoms with Crippen LogP contribution in [0.3, 0.4) is 0 Å². The summed E-state index contributed by atoms with van der Waals surface area (Å²) in [5.74, 6) is 6.59. The number of nitrogens with one attached hydrogen (secondary N) is 2. The van der Waals surface area contributed by atoms with Crippen molar-refractivity contribution in [2.24, 2.45) is 12.9 Å². The highest BCUT2D eigenvalue weighted by Crippen LogP contribution is 2.31. The number of rotatable bonds is 4. The monoisotopic (exact) mass is 303 g/mol. The summed E-state index contributed by atoms with van der Waals surface area (Å²) in [6.07, 6.45) is 2.80. The molecule has 0 saturated heterocycles. The molecule has 3 aromatic rings. The minimum Gasteiger partial charge on any atom is -0.337 e. The fraction of sp³-hybridized carbons (Fsp3) is 0.308. The van der Waals surface area contributed by atoms with Gasteiger partial charge in [-0.3, -0.25) is 10.1 Å². The second-order valence-corrected chi connectivity index (χ2v) is 5.99. The third-order valence-corrected chi connectivity index (χ3v) is 4.08. The van der Waals surface area contributed by atoms with Gasteiger partial charge in [0, 0.05) is 18.1 Å². The first kappa shape index (κ1) is 13.8. The molecular formula is C13H17N7S. The predicted molar refractivity (Wildman–Crippen MR) is 85.8 cm³/mol. The normalized spacial score (nSPS) is 11.0. The van der Waals surface area contributed by atoms with Gasteiger partial charge in [-0.15, -0.1) is 11.3 Å². The number of nitrogens with zero attached hydrogens (tertiary/aromatic N) is 4. The lowest BCUT2D eigenvalue weighted by Gasteiger charge is -2.07. The Bertz CT molecular complexity index is 789. The minimum atomic E-state index is 0.397. The van der Waals surface area contributed by atoms with Crippen molar-refractivity contribution in [3.63, 3.8) is 0 Å². The molecule has 3 heterocycles. The second-order valence-electron chi connectivity index (χ2n) is 4.76. The number of nitrogen functional groups attached to an aromatic ring is 1. The highest BCUT2D eigenvalue weighted by molar-refractivity contribution is 7.18. The van der Waals surface area contributed by atoms with E-state index < -0.39 is 0 Å². The maximum absolute atomic E-state index is 5.46. The first-order chi connectivity index (χ1) is 10.1. The molecular weight excluding hydrogens is 286 g/mol. The first-order valence-corrected chi connectivity index (χ1v) is 7.46. The second kappa shape index (κ2) is 5.30. The Morgan fingerprint density at radius 1 is 1.38 bits per heavy atom. The Morgan fingerprint density at radius 2 is 2.19 bits per heavy atom. The van der Waals surface area contributed by atoms with Gasteiger partial charge < -0.3 is 5.32 Å². The molecule has 3 aromatic heterocycles. The molecule has 21 heavy (non-hydrogen) atoms. The number of hydrazine groups is 1. The predicted octanol–water partition coefficient (Wildman–Crippen LogP) is 2.32. The van der Waals surface area contributed by atoms with Crippen LogP contribution in [0.5, 0.6) is 0 Å². The summed E-state index contributed by atoms with van der Waals surface area (Å²) >= 11 is 1.61. The molecule has 3 rings (SSSR count). The molecule has 0 atom stereocenters. The van der Waals surface area contributed by atoms with Crippen molar-refractivity contribution < 1.29 is 0 Å². The summed E-state index contributed by atoms with van der Waals surface area (Å²) in [6.45, 7) is 4.12. The number of thiophene rings is 1. The van der Waals surface area contributed by atoms with Crippen molar-refractivity contribution in [2.75, 3.05) is 10.7 Å². The fourth-order valence-corrected chi connectivity index (χ4v) is 3.11. The van der Waals surface area contributed by atoms with E-state index in [4.69, 9.17) is 5.84 Å². The van der Waals surface area contributed by atoms with Crippen LogP contribution in [0.2, 0.25) is 0 Å². The van der Waals surface area contributed by atoms with Crippen LogP contribution in [0.15, 0.2) is 12.3 Å². The van der Waals surface area contributed by atoms with Gasteiger partial charge in [0.2, 0.25) is 5.95 Å². The van der Waals surface area contributed by atoms with Gasteiger partial charge in [0.25, 0.3) is 0 Å². The lowest BCUT2D eigenvalue weighted by atomic mass is 10.3. The molecule has 0 aliphatic heterocycles. The Hall–Kier alpha value is -2.19. The molecule has 8 heteroatoms. The van der Waals surface area contributed by atoms with E-state index in [1.165, 1.54) is 4.88 Å². The Kier molecular flexibility index (Phi) is 3.48. The van der Waals surface area contributed by atoms with Crippen molar-refractivity contribution in [3.05, 3.63) is 22.8 Å². The molecule has 0 aliphatic rings. The van der Waals surface area contributed by atoms with E-state index in [0.29, 0.717) is 5.95 Å². The van der Waals surface area contributed by atoms with Crippen LogP contribution in [0.1, 0.15) is 17.5 Å². The van der Waals surface area contributed by atoms with Crippen LogP contribution in [0, 0.1) is 6.92 Å². The van der Waals surface area contributed by atoms with Crippen molar-refractivity contribution in [3.8, 4) is 0 Å². The summed E-state index contributed by atoms with van der Waals surface area (Å²) in [5.41, 5.74) is 4.46. The quantitative estimate of drug-likeness (QED) is 0.506. The zero-order chi connectivity index (χ0) is 15.0. The van der Waals surface area contributed by atoms with Crippen LogP contribution >= 0.6 is 11.3 Å². The maximum Gasteiger partial charge on any atom is 0.240 e. The molecule has 0 radical (unpaired) electrons. The Balaban J connectivity index is 2.10. The third-order valence-electron chi connectivity index (χ3n) is 3.14. The van der Waals surface area contributed by atoms with Crippen LogP contribution in [-0.4, -0.2) is 19.7 Å². The molecule has 7 nitrogen and oxygen atoms in total. The molecule has 0 fully saturated rings. The first-order valence-electron chi connectivity index (χ1n) is 6.65. The van der Waals surface area contributed by atoms with Gasteiger partial charge in [-0.05, 0) is 19.4 Å². The van der Waals surface area contributed by atoms with Crippen LogP contribution in [0.25, 0.3) is 10.2 Å². The van der Waals surface area contributed by atoms with Crippen molar-refractivity contribution >= 4 is 39.0 Å². The zero-order valence-corrected chi connectivity index (χ0v) is 13.0. The molecule has 0 unspecified atom stereocenters. The maximum atomic E-state index is 5.46. The van der Waals surface area contributed by atoms with Gasteiger partial charge in [-0.25, -0.2) is 10.8 Å². The highest BCUT2D eigenvalue weighted by Gasteiger charge is 2.13. The topological polar surface area (TPSA) is 93.7 Å². The number of nitrogens with two attached hydrogens (primary N) is 1. The standard InChI is InChI=1S/C13H17N7S/c1-4-9-10(6-20(3)19-9)15-11-8-5-7(2)21-12(8)17-13(16-11)18-14/h5-6H,4,14H2,1-3H3,(H2,15,16,17,18). The van der Waals surface area contributed by atoms with E-state index in [9.17, 15) is 0 Å². The van der Waals surface area contributed by atoms with Gasteiger partial charge >= 0.3 is 0 Å². The van der Waals surface area contributed by atoms with Crippen molar-refractivity contribution in [1.82, 2.24) is 19.7 Å². The number of aromatic nitrogens is 4. The van der Waals surface area contributed by atoms with Crippen LogP contribution in [-0.2, 0) is 13.5 Å². The van der Waals surface area contributed by atoms with Crippen molar-refractivity contribution in [1.29, 1.82) is 0 Å². The molecule has 0 spiro atoms. The summed E-state index contributed by atoms with van der Waals surface area (Å²) in [4.78, 5) is 10.9. The van der Waals surface area contributed by atoms with E-state index in [-0.39, 0.29) is 0 Å².